The molecule has 0 spiro atoms. The number of para-hydroxylation sites is 2. The topological polar surface area (TPSA) is 162 Å². The highest BCUT2D eigenvalue weighted by Gasteiger charge is 2.19. The molecule has 11 nitrogen and oxygen atoms in total. The lowest BCUT2D eigenvalue weighted by Crippen LogP contribution is -2.02. The van der Waals surface area contributed by atoms with Gasteiger partial charge in [-0.1, -0.05) is 24.3 Å². The van der Waals surface area contributed by atoms with Gasteiger partial charge in [0.05, 0.1) is 44.8 Å². The molecule has 2 N–H and O–H groups in total. The van der Waals surface area contributed by atoms with Gasteiger partial charge in [0, 0.05) is 22.9 Å². The second-order valence-electron chi connectivity index (χ2n) is 12.4. The van der Waals surface area contributed by atoms with Gasteiger partial charge in [-0.05, 0) is 121 Å². The fourth-order valence-electron chi connectivity index (χ4n) is 5.59. The number of sulfone groups is 2. The summed E-state index contributed by atoms with van der Waals surface area (Å²) in [6.07, 6.45) is 0. The zero-order valence-electron chi connectivity index (χ0n) is 31.2. The number of halogens is 2. The van der Waals surface area contributed by atoms with Gasteiger partial charge in [0.1, 0.15) is 34.6 Å². The number of nitrogens with zero attached hydrogens (tertiary/aromatic N) is 1. The van der Waals surface area contributed by atoms with E-state index in [-0.39, 0.29) is 30.9 Å². The minimum atomic E-state index is -3.71. The predicted molar refractivity (Wildman–Crippen MR) is 218 cm³/mol. The van der Waals surface area contributed by atoms with E-state index in [0.29, 0.717) is 34.0 Å². The number of nitrogens with one attached hydrogen (secondary N) is 1. The Bertz CT molecular complexity index is 2950. The van der Waals surface area contributed by atoms with Crippen LogP contribution in [-0.4, -0.2) is 46.1 Å². The molecule has 0 amide bonds. The number of aromatic nitrogens is 2. The van der Waals surface area contributed by atoms with E-state index in [2.05, 4.69) is 9.97 Å². The third kappa shape index (κ3) is 9.90. The second kappa shape index (κ2) is 18.0. The lowest BCUT2D eigenvalue weighted by atomic mass is 10.2. The summed E-state index contributed by atoms with van der Waals surface area (Å²) in [5.74, 6) is 1.07. The van der Waals surface area contributed by atoms with E-state index in [1.807, 2.05) is 24.3 Å². The first-order valence-electron chi connectivity index (χ1n) is 17.5. The van der Waals surface area contributed by atoms with Crippen molar-refractivity contribution in [2.45, 2.75) is 19.6 Å². The van der Waals surface area contributed by atoms with E-state index in [0.717, 1.165) is 35.2 Å². The molecule has 0 aliphatic heterocycles. The molecule has 59 heavy (non-hydrogen) atoms. The Balaban J connectivity index is 0.000000169. The summed E-state index contributed by atoms with van der Waals surface area (Å²) >= 11 is 0. The van der Waals surface area contributed by atoms with Crippen LogP contribution in [0.2, 0.25) is 0 Å². The van der Waals surface area contributed by atoms with Crippen LogP contribution in [0.4, 0.5) is 8.78 Å². The first kappa shape index (κ1) is 41.5. The molecule has 0 saturated heterocycles. The Morgan fingerprint density at radius 2 is 1.02 bits per heavy atom. The highest BCUT2D eigenvalue weighted by atomic mass is 32.2. The average molecular weight is 837 g/mol. The maximum Gasteiger partial charge on any atom is 0.252 e. The van der Waals surface area contributed by atoms with Crippen LogP contribution in [0.1, 0.15) is 0 Å². The first-order chi connectivity index (χ1) is 28.3. The Morgan fingerprint density at radius 3 is 1.53 bits per heavy atom. The number of hydrogen-bond donors (Lipinski definition) is 2. The molecule has 0 saturated carbocycles. The third-order valence-corrected chi connectivity index (χ3v) is 12.1. The number of aromatic amines is 1. The number of ether oxygens (including phenoxy) is 3. The Kier molecular flexibility index (Phi) is 12.7. The van der Waals surface area contributed by atoms with Crippen LogP contribution in [0.15, 0.2) is 182 Å². The average Bonchev–Trinajstić information content (AvgIpc) is 3.24. The zero-order chi connectivity index (χ0) is 42.2. The monoisotopic (exact) mass is 836 g/mol. The quantitative estimate of drug-likeness (QED) is 0.141. The van der Waals surface area contributed by atoms with Crippen molar-refractivity contribution in [2.24, 2.45) is 0 Å². The van der Waals surface area contributed by atoms with E-state index in [1.165, 1.54) is 61.7 Å². The van der Waals surface area contributed by atoms with E-state index < -0.39 is 31.3 Å². The second-order valence-corrected chi connectivity index (χ2v) is 16.3. The van der Waals surface area contributed by atoms with Crippen LogP contribution < -0.4 is 19.8 Å². The third-order valence-electron chi connectivity index (χ3n) is 8.58. The normalized spacial score (nSPS) is 11.1. The molecule has 0 radical (unpaired) electrons. The first-order valence-corrected chi connectivity index (χ1v) is 20.4. The Hall–Kier alpha value is -7.10. The Labute approximate surface area is 337 Å². The maximum atomic E-state index is 12.8. The lowest BCUT2D eigenvalue weighted by molar-refractivity contribution is 0.411. The van der Waals surface area contributed by atoms with Gasteiger partial charge in [-0.15, -0.1) is 0 Å². The number of hydrogen-bond acceptors (Lipinski definition) is 10. The van der Waals surface area contributed by atoms with Crippen LogP contribution in [0.3, 0.4) is 0 Å². The van der Waals surface area contributed by atoms with Crippen LogP contribution in [0, 0.1) is 11.6 Å². The van der Waals surface area contributed by atoms with Gasteiger partial charge >= 0.3 is 0 Å². The van der Waals surface area contributed by atoms with Crippen molar-refractivity contribution in [3.8, 4) is 28.9 Å². The number of methoxy groups -OCH3 is 2. The van der Waals surface area contributed by atoms with Crippen LogP contribution in [-0.2, 0) is 19.7 Å². The van der Waals surface area contributed by atoms with Crippen LogP contribution >= 0.6 is 0 Å². The summed E-state index contributed by atoms with van der Waals surface area (Å²) in [6, 6.07) is 39.0. The largest absolute Gasteiger partial charge is 0.507 e. The van der Waals surface area contributed by atoms with Gasteiger partial charge in [-0.3, -0.25) is 4.79 Å². The lowest BCUT2D eigenvalue weighted by Gasteiger charge is -2.10. The number of aromatic hydroxyl groups is 1. The smallest absolute Gasteiger partial charge is 0.252 e. The number of H-pyrrole nitrogens is 1. The van der Waals surface area contributed by atoms with Gasteiger partial charge in [-0.2, -0.15) is 0 Å². The van der Waals surface area contributed by atoms with Gasteiger partial charge in [0.2, 0.25) is 25.6 Å². The molecule has 0 unspecified atom stereocenters. The van der Waals surface area contributed by atoms with E-state index >= 15 is 0 Å². The minimum Gasteiger partial charge on any atom is -0.507 e. The number of benzene rings is 6. The van der Waals surface area contributed by atoms with Gasteiger partial charge in [0.15, 0.2) is 0 Å². The van der Waals surface area contributed by atoms with Crippen molar-refractivity contribution in [1.82, 2.24) is 9.97 Å². The SMILES string of the molecule is COc1ccc(S(=O)(=O)c2ccc(Oc3cc(OC)c4ccccc4n3)cc2)cc1.O=S(=O)(c1ccc(F)cc1)c1ccc(F)cc1.O=c1cc(O)c2ccccc2[nH]1. The minimum absolute atomic E-state index is 0.0225. The van der Waals surface area contributed by atoms with Crippen LogP contribution in [0.5, 0.6) is 28.9 Å². The standard InChI is InChI=1S/C23H19NO5S.C12H8F2O2S.C9H7NO2/c1-27-16-7-11-18(12-8-16)30(25,26)19-13-9-17(10-14-19)29-23-15-22(28-2)20-5-3-4-6-21(20)24-23;13-9-1-5-11(6-2-9)17(15,16)12-7-3-10(14)4-8-12;11-8-5-9(12)10-7-4-2-1-3-6(7)8/h3-15H,1-2H3;1-8H;1-5H,(H2,10,11,12). The molecular weight excluding hydrogens is 803 g/mol. The van der Waals surface area contributed by atoms with Crippen molar-refractivity contribution in [3.63, 3.8) is 0 Å². The highest BCUT2D eigenvalue weighted by molar-refractivity contribution is 7.91. The molecule has 8 aromatic rings. The summed E-state index contributed by atoms with van der Waals surface area (Å²) in [4.78, 5) is 18.3. The molecular formula is C44H34F2N2O9S2. The Morgan fingerprint density at radius 1 is 0.559 bits per heavy atom. The van der Waals surface area contributed by atoms with Crippen molar-refractivity contribution in [3.05, 3.63) is 180 Å². The molecule has 300 valence electrons. The number of rotatable bonds is 8. The van der Waals surface area contributed by atoms with Gasteiger partial charge in [0.25, 0.3) is 5.56 Å². The van der Waals surface area contributed by atoms with Crippen molar-refractivity contribution in [2.75, 3.05) is 14.2 Å². The maximum absolute atomic E-state index is 12.8. The molecule has 2 heterocycles. The van der Waals surface area contributed by atoms with E-state index in [1.54, 1.807) is 61.7 Å². The molecule has 6 aromatic carbocycles. The predicted octanol–water partition coefficient (Wildman–Crippen LogP) is 8.91. The summed E-state index contributed by atoms with van der Waals surface area (Å²) in [6.45, 7) is 0. The van der Waals surface area contributed by atoms with Gasteiger partial charge in [-0.25, -0.2) is 30.6 Å². The molecule has 0 fully saturated rings. The summed E-state index contributed by atoms with van der Waals surface area (Å²) < 4.78 is 91.4. The van der Waals surface area contributed by atoms with Crippen molar-refractivity contribution < 1.29 is 44.9 Å². The van der Waals surface area contributed by atoms with Crippen molar-refractivity contribution >= 4 is 41.5 Å². The molecule has 0 bridgehead atoms. The number of fused-ring (bicyclic) bond motifs is 2. The molecule has 0 atom stereocenters. The number of pyridine rings is 2. The van der Waals surface area contributed by atoms with Gasteiger partial charge < -0.3 is 24.3 Å². The van der Waals surface area contributed by atoms with E-state index in [4.69, 9.17) is 14.2 Å². The zero-order valence-corrected chi connectivity index (χ0v) is 32.9. The van der Waals surface area contributed by atoms with E-state index in [9.17, 15) is 35.5 Å². The van der Waals surface area contributed by atoms with Crippen molar-refractivity contribution in [1.29, 1.82) is 0 Å². The fourth-order valence-corrected chi connectivity index (χ4v) is 8.11. The molecule has 8 rings (SSSR count). The summed E-state index contributed by atoms with van der Waals surface area (Å²) in [5.41, 5.74) is 1.11. The fraction of sp³-hybridized carbons (Fsp3) is 0.0455. The summed E-state index contributed by atoms with van der Waals surface area (Å²) in [5, 5.41) is 10.9. The molecule has 0 aliphatic rings. The molecule has 2 aromatic heterocycles. The summed E-state index contributed by atoms with van der Waals surface area (Å²) in [7, 11) is -4.23. The highest BCUT2D eigenvalue weighted by Crippen LogP contribution is 2.32. The van der Waals surface area contributed by atoms with Crippen LogP contribution in [0.25, 0.3) is 21.8 Å². The molecule has 0 aliphatic carbocycles. The molecule has 15 heteroatoms.